The third-order valence-corrected chi connectivity index (χ3v) is 20.6. The molecular weight excluding hydrogens is 1410 g/mol. The molecule has 99 heavy (non-hydrogen) atoms. The van der Waals surface area contributed by atoms with Crippen molar-refractivity contribution in [3.8, 4) is 0 Å². The lowest BCUT2D eigenvalue weighted by molar-refractivity contribution is -0.441. The number of carbonyl (C=O) groups excluding carboxylic acids is 3. The van der Waals surface area contributed by atoms with E-state index < -0.39 is 105 Å². The van der Waals surface area contributed by atoms with Crippen molar-refractivity contribution in [2.75, 3.05) is 144 Å². The Hall–Kier alpha value is -6.37. The Kier molecular flexibility index (Phi) is 28.7. The minimum atomic E-state index is -5.12. The summed E-state index contributed by atoms with van der Waals surface area (Å²) in [5, 5.41) is 0.361. The third kappa shape index (κ3) is 21.4. The maximum atomic E-state index is 13.0. The molecule has 546 valence electrons. The first kappa shape index (κ1) is 79.9. The van der Waals surface area contributed by atoms with Crippen molar-refractivity contribution in [2.24, 2.45) is 0 Å². The molecule has 3 heterocycles. The van der Waals surface area contributed by atoms with Gasteiger partial charge in [0.25, 0.3) is 62.4 Å². The SMILES string of the molecule is COCCOCCOCCOCCC1(C)\C(=C/C=C/C=C/C=C/C2=[N+](CCOC)c3ccc4c(S(=O)(=O)O)cc(S(=O)(=O)O)cc4c3C2(C)CCCS(=O)(=O)O)N(CCOCCOCCOCCOCCC(=O)ON2C(=O)CCC2=O)c2ccc3c(S(=O)(=O)O)cc(S(=O)(=O)O)cc3c21. The van der Waals surface area contributed by atoms with Gasteiger partial charge in [0.2, 0.25) is 5.69 Å². The van der Waals surface area contributed by atoms with Crippen LogP contribution in [0.25, 0.3) is 21.5 Å². The number of methoxy groups -OCH3 is 2. The Labute approximate surface area is 574 Å². The highest BCUT2D eigenvalue weighted by Gasteiger charge is 2.50. The first-order valence-electron chi connectivity index (χ1n) is 31.1. The van der Waals surface area contributed by atoms with Crippen LogP contribution >= 0.6 is 0 Å². The van der Waals surface area contributed by atoms with E-state index in [0.29, 0.717) is 70.9 Å². The second-order valence-electron chi connectivity index (χ2n) is 23.1. The highest BCUT2D eigenvalue weighted by Crippen LogP contribution is 2.54. The van der Waals surface area contributed by atoms with Gasteiger partial charge in [-0.25, -0.2) is 4.79 Å². The molecule has 36 heteroatoms. The van der Waals surface area contributed by atoms with Crippen molar-refractivity contribution in [2.45, 2.75) is 82.8 Å². The van der Waals surface area contributed by atoms with E-state index >= 15 is 0 Å². The summed E-state index contributed by atoms with van der Waals surface area (Å²) >= 11 is 0. The van der Waals surface area contributed by atoms with Crippen LogP contribution in [-0.2, 0) is 123 Å². The summed E-state index contributed by atoms with van der Waals surface area (Å²) in [6.07, 6.45) is 11.6. The summed E-state index contributed by atoms with van der Waals surface area (Å²) in [7, 11) is -21.9. The summed E-state index contributed by atoms with van der Waals surface area (Å²) in [5.74, 6) is -2.65. The topological polar surface area (TPSA) is 425 Å². The lowest BCUT2D eigenvalue weighted by atomic mass is 9.74. The van der Waals surface area contributed by atoms with Gasteiger partial charge >= 0.3 is 5.97 Å². The maximum absolute atomic E-state index is 13.0. The molecule has 0 radical (unpaired) electrons. The molecule has 1 saturated heterocycles. The molecule has 0 aliphatic carbocycles. The fraction of sp³-hybridized carbons (Fsp3) is 0.492. The van der Waals surface area contributed by atoms with Crippen LogP contribution in [0.1, 0.15) is 63.5 Å². The van der Waals surface area contributed by atoms with E-state index in [1.54, 1.807) is 68.7 Å². The molecule has 0 saturated carbocycles. The van der Waals surface area contributed by atoms with Crippen LogP contribution in [0.2, 0.25) is 0 Å². The quantitative estimate of drug-likeness (QED) is 0.0126. The summed E-state index contributed by atoms with van der Waals surface area (Å²) < 4.78 is 230. The standard InChI is InChI=1S/C63H81N3O28S5/c1-62(20-10-40-95(70,71)72)55(64(22-26-85-3)51-15-13-47-49(60(51)62)41-45(96(73,74)75)43-53(47)98(79,80)81)11-8-6-5-7-9-12-56-63(2,21-25-88-31-34-92-37-36-90-29-28-86-4)61-50-42-46(97(76,77)78)44-54(99(82,83)84)48(50)14-16-52(61)65(56)23-27-89-32-35-93-39-38-91-33-30-87-24-19-59(69)94-66-57(67)17-18-58(66)68/h5-9,11-16,41-44H,10,17-40H2,1-4H3,(H4-,70,71,72,73,74,75,76,77,78,79,80,81,82,83,84)/p+1. The van der Waals surface area contributed by atoms with Gasteiger partial charge in [-0.15, -0.1) is 5.06 Å². The van der Waals surface area contributed by atoms with Crippen molar-refractivity contribution in [3.63, 3.8) is 0 Å². The molecule has 31 nitrogen and oxygen atoms in total. The molecule has 3 aliphatic heterocycles. The van der Waals surface area contributed by atoms with Crippen molar-refractivity contribution in [1.82, 2.24) is 5.06 Å². The van der Waals surface area contributed by atoms with Crippen LogP contribution in [0.3, 0.4) is 0 Å². The van der Waals surface area contributed by atoms with Gasteiger partial charge in [-0.3, -0.25) is 32.4 Å². The molecule has 3 aliphatic rings. The molecule has 1 fully saturated rings. The normalized spacial score (nSPS) is 18.3. The van der Waals surface area contributed by atoms with E-state index in [2.05, 4.69) is 0 Å². The second kappa shape index (κ2) is 35.5. The van der Waals surface area contributed by atoms with E-state index in [1.807, 2.05) is 16.4 Å². The number of nitrogens with zero attached hydrogens (tertiary/aromatic N) is 3. The van der Waals surface area contributed by atoms with E-state index in [1.165, 1.54) is 19.2 Å². The number of ether oxygens (including phenoxy) is 9. The number of fused-ring (bicyclic) bond motifs is 6. The fourth-order valence-electron chi connectivity index (χ4n) is 11.8. The predicted octanol–water partition coefficient (Wildman–Crippen LogP) is 5.13. The van der Waals surface area contributed by atoms with Crippen LogP contribution in [-0.4, -0.2) is 237 Å². The zero-order chi connectivity index (χ0) is 72.4. The van der Waals surface area contributed by atoms with E-state index in [4.69, 9.17) is 47.5 Å². The zero-order valence-corrected chi connectivity index (χ0v) is 58.9. The molecule has 5 N–H and O–H groups in total. The Morgan fingerprint density at radius 2 is 1.00 bits per heavy atom. The van der Waals surface area contributed by atoms with Crippen LogP contribution in [0.5, 0.6) is 0 Å². The average molecular weight is 1490 g/mol. The number of imide groups is 1. The van der Waals surface area contributed by atoms with Gasteiger partial charge in [-0.1, -0.05) is 36.4 Å². The zero-order valence-electron chi connectivity index (χ0n) is 54.8. The molecule has 2 amide bonds. The summed E-state index contributed by atoms with van der Waals surface area (Å²) in [6.45, 7) is 6.70. The second-order valence-corrected chi connectivity index (χ2v) is 30.3. The molecule has 2 atom stereocenters. The fourth-order valence-corrected chi connectivity index (χ4v) is 15.0. The largest absolute Gasteiger partial charge is 0.382 e. The highest BCUT2D eigenvalue weighted by atomic mass is 32.2. The minimum absolute atomic E-state index is 0.00404. The van der Waals surface area contributed by atoms with Crippen molar-refractivity contribution in [1.29, 1.82) is 0 Å². The molecule has 4 aromatic rings. The molecule has 2 unspecified atom stereocenters. The maximum Gasteiger partial charge on any atom is 0.335 e. The van der Waals surface area contributed by atoms with Gasteiger partial charge in [0.05, 0.1) is 120 Å². The molecule has 7 rings (SSSR count). The summed E-state index contributed by atoms with van der Waals surface area (Å²) in [5.41, 5.74) is 0.228. The lowest BCUT2D eigenvalue weighted by Gasteiger charge is -2.31. The molecule has 4 aromatic carbocycles. The Morgan fingerprint density at radius 3 is 1.52 bits per heavy atom. The Bertz CT molecular complexity index is 4330. The number of hydrogen-bond acceptors (Lipinski definition) is 24. The van der Waals surface area contributed by atoms with E-state index in [9.17, 15) is 79.2 Å². The van der Waals surface area contributed by atoms with Crippen LogP contribution in [0.4, 0.5) is 11.4 Å². The third-order valence-electron chi connectivity index (χ3n) is 16.3. The van der Waals surface area contributed by atoms with Crippen LogP contribution in [0.15, 0.2) is 116 Å². The van der Waals surface area contributed by atoms with Gasteiger partial charge in [-0.05, 0) is 91.9 Å². The van der Waals surface area contributed by atoms with Crippen molar-refractivity contribution >= 4 is 107 Å². The average Bonchev–Trinajstić information content (AvgIpc) is 1.60. The first-order valence-corrected chi connectivity index (χ1v) is 38.4. The van der Waals surface area contributed by atoms with Gasteiger partial charge in [0, 0.05) is 85.5 Å². The number of hydrogen-bond donors (Lipinski definition) is 5. The number of hydroxylamine groups is 2. The predicted molar refractivity (Wildman–Crippen MR) is 356 cm³/mol. The van der Waals surface area contributed by atoms with Gasteiger partial charge < -0.3 is 52.4 Å². The number of benzene rings is 4. The number of carbonyl (C=O) groups is 3. The number of anilines is 1. The highest BCUT2D eigenvalue weighted by molar-refractivity contribution is 7.87. The van der Waals surface area contributed by atoms with Crippen LogP contribution < -0.4 is 4.90 Å². The number of allylic oxidation sites excluding steroid dienone is 8. The summed E-state index contributed by atoms with van der Waals surface area (Å²) in [6, 6.07) is 9.44. The number of amides is 2. The molecular formula is C63H82N3O28S5+. The minimum Gasteiger partial charge on any atom is -0.382 e. The van der Waals surface area contributed by atoms with E-state index in [0.717, 1.165) is 12.1 Å². The van der Waals surface area contributed by atoms with Gasteiger partial charge in [-0.2, -0.15) is 46.7 Å². The molecule has 0 bridgehead atoms. The number of rotatable bonds is 43. The van der Waals surface area contributed by atoms with Gasteiger partial charge in [0.15, 0.2) is 12.3 Å². The van der Waals surface area contributed by atoms with Crippen molar-refractivity contribution in [3.05, 3.63) is 108 Å². The first-order chi connectivity index (χ1) is 46.8. The Balaban J connectivity index is 1.17. The smallest absolute Gasteiger partial charge is 0.335 e. The monoisotopic (exact) mass is 1490 g/mol. The van der Waals surface area contributed by atoms with Gasteiger partial charge in [0.1, 0.15) is 16.4 Å². The van der Waals surface area contributed by atoms with Crippen molar-refractivity contribution < 1.29 is 131 Å². The molecule has 0 spiro atoms. The summed E-state index contributed by atoms with van der Waals surface area (Å²) in [4.78, 5) is 38.8. The molecule has 0 aromatic heterocycles. The Morgan fingerprint density at radius 1 is 0.525 bits per heavy atom. The van der Waals surface area contributed by atoms with E-state index in [-0.39, 0.29) is 159 Å². The van der Waals surface area contributed by atoms with Crippen LogP contribution in [0, 0.1) is 0 Å². The lowest BCUT2D eigenvalue weighted by Crippen LogP contribution is -2.32.